The molecule has 26 heavy (non-hydrogen) atoms. The number of aryl methyl sites for hydroxylation is 2. The molecule has 0 amide bonds. The topological polar surface area (TPSA) is 63.8 Å². The lowest BCUT2D eigenvalue weighted by Crippen LogP contribution is -2.12. The number of thioether (sulfide) groups is 1. The van der Waals surface area contributed by atoms with Crippen LogP contribution in [0.2, 0.25) is 0 Å². The van der Waals surface area contributed by atoms with E-state index in [1.165, 1.54) is 11.8 Å². The van der Waals surface area contributed by atoms with E-state index in [4.69, 9.17) is 4.74 Å². The predicted octanol–water partition coefficient (Wildman–Crippen LogP) is 4.53. The largest absolute Gasteiger partial charge is 0.506 e. The van der Waals surface area contributed by atoms with Crippen LogP contribution < -0.4 is 0 Å². The summed E-state index contributed by atoms with van der Waals surface area (Å²) >= 11 is 1.26. The molecule has 1 aromatic carbocycles. The van der Waals surface area contributed by atoms with Gasteiger partial charge in [-0.05, 0) is 44.2 Å². The lowest BCUT2D eigenvalue weighted by Gasteiger charge is -2.04. The van der Waals surface area contributed by atoms with E-state index in [9.17, 15) is 9.90 Å². The molecule has 5 nitrogen and oxygen atoms in total. The molecule has 1 aliphatic rings. The number of carbonyl (C=O) groups is 1. The third-order valence-electron chi connectivity index (χ3n) is 3.90. The number of aromatic nitrogens is 1. The zero-order valence-corrected chi connectivity index (χ0v) is 15.7. The molecule has 3 rings (SSSR count). The summed E-state index contributed by atoms with van der Waals surface area (Å²) in [5.41, 5.74) is 2.87. The van der Waals surface area contributed by atoms with Gasteiger partial charge < -0.3 is 14.4 Å². The summed E-state index contributed by atoms with van der Waals surface area (Å²) < 4.78 is 7.04. The maximum Gasteiger partial charge on any atom is 0.344 e. The van der Waals surface area contributed by atoms with Gasteiger partial charge >= 0.3 is 5.97 Å². The first-order valence-corrected chi connectivity index (χ1v) is 9.08. The van der Waals surface area contributed by atoms with Gasteiger partial charge in [-0.25, -0.2) is 9.79 Å². The lowest BCUT2D eigenvalue weighted by molar-refractivity contribution is -0.138. The second-order valence-corrected chi connectivity index (χ2v) is 6.88. The van der Waals surface area contributed by atoms with Gasteiger partial charge in [0.05, 0.1) is 17.2 Å². The van der Waals surface area contributed by atoms with E-state index in [2.05, 4.69) is 4.99 Å². The van der Waals surface area contributed by atoms with E-state index in [0.29, 0.717) is 15.6 Å². The summed E-state index contributed by atoms with van der Waals surface area (Å²) in [5.74, 6) is -0.667. The molecule has 0 radical (unpaired) electrons. The third-order valence-corrected chi connectivity index (χ3v) is 4.92. The van der Waals surface area contributed by atoms with E-state index >= 15 is 0 Å². The lowest BCUT2D eigenvalue weighted by atomic mass is 10.2. The first-order valence-electron chi connectivity index (χ1n) is 8.27. The molecule has 0 fully saturated rings. The van der Waals surface area contributed by atoms with Crippen LogP contribution in [0.3, 0.4) is 0 Å². The van der Waals surface area contributed by atoms with E-state index in [0.717, 1.165) is 11.3 Å². The van der Waals surface area contributed by atoms with Gasteiger partial charge in [-0.1, -0.05) is 29.5 Å². The average molecular weight is 368 g/mol. The number of carbonyl (C=O) groups excluding carboxylic acids is 1. The molecular formula is C20H20N2O3S. The van der Waals surface area contributed by atoms with Crippen molar-refractivity contribution in [3.8, 4) is 0 Å². The van der Waals surface area contributed by atoms with Gasteiger partial charge in [-0.15, -0.1) is 0 Å². The van der Waals surface area contributed by atoms with E-state index in [1.807, 2.05) is 67.2 Å². The molecule has 0 atom stereocenters. The van der Waals surface area contributed by atoms with Gasteiger partial charge in [-0.2, -0.15) is 0 Å². The van der Waals surface area contributed by atoms with Crippen LogP contribution in [0.1, 0.15) is 18.2 Å². The summed E-state index contributed by atoms with van der Waals surface area (Å²) in [5, 5.41) is 11.1. The quantitative estimate of drug-likeness (QED) is 0.806. The predicted molar refractivity (Wildman–Crippen MR) is 106 cm³/mol. The Morgan fingerprint density at radius 1 is 1.31 bits per heavy atom. The standard InChI is InChI=1S/C20H20N2O3S/c1-4-25-20(24)17-18(23)16(12-15-6-5-11-22(15)3)26-19(17)21-14-9-7-13(2)8-10-14/h5-12,23H,4H2,1-3H3/b16-12+,21-19?. The Morgan fingerprint density at radius 2 is 2.04 bits per heavy atom. The molecular weight excluding hydrogens is 348 g/mol. The third kappa shape index (κ3) is 3.75. The van der Waals surface area contributed by atoms with Crippen LogP contribution in [0.4, 0.5) is 5.69 Å². The molecule has 0 saturated carbocycles. The van der Waals surface area contributed by atoms with Gasteiger partial charge in [0.2, 0.25) is 0 Å². The molecule has 1 N–H and O–H groups in total. The molecule has 1 aliphatic heterocycles. The summed E-state index contributed by atoms with van der Waals surface area (Å²) in [7, 11) is 1.92. The summed E-state index contributed by atoms with van der Waals surface area (Å²) in [6, 6.07) is 11.5. The van der Waals surface area contributed by atoms with Crippen molar-refractivity contribution < 1.29 is 14.6 Å². The number of hydrogen-bond acceptors (Lipinski definition) is 5. The number of nitrogens with zero attached hydrogens (tertiary/aromatic N) is 2. The van der Waals surface area contributed by atoms with Crippen LogP contribution in [-0.2, 0) is 16.6 Å². The van der Waals surface area contributed by atoms with Crippen molar-refractivity contribution in [1.29, 1.82) is 0 Å². The molecule has 1 aromatic heterocycles. The van der Waals surface area contributed by atoms with Crippen molar-refractivity contribution in [1.82, 2.24) is 4.57 Å². The van der Waals surface area contributed by atoms with E-state index in [1.54, 1.807) is 6.92 Å². The Labute approximate surface area is 156 Å². The average Bonchev–Trinajstić information content (AvgIpc) is 3.14. The first kappa shape index (κ1) is 18.1. The molecule has 0 bridgehead atoms. The number of esters is 1. The zero-order chi connectivity index (χ0) is 18.7. The maximum atomic E-state index is 12.4. The Morgan fingerprint density at radius 3 is 2.65 bits per heavy atom. The minimum Gasteiger partial charge on any atom is -0.506 e. The fourth-order valence-electron chi connectivity index (χ4n) is 2.49. The molecule has 0 spiro atoms. The number of ether oxygens (including phenoxy) is 1. The number of aliphatic hydroxyl groups is 1. The van der Waals surface area contributed by atoms with Crippen molar-refractivity contribution in [2.24, 2.45) is 12.0 Å². The summed E-state index contributed by atoms with van der Waals surface area (Å²) in [6.45, 7) is 3.96. The number of aliphatic hydroxyl groups excluding tert-OH is 1. The summed E-state index contributed by atoms with van der Waals surface area (Å²) in [4.78, 5) is 17.5. The fourth-order valence-corrected chi connectivity index (χ4v) is 3.51. The SMILES string of the molecule is CCOC(=O)C1=C(O)/C(=C\c2cccn2C)SC1=Nc1ccc(C)cc1. The van der Waals surface area contributed by atoms with Crippen LogP contribution in [-0.4, -0.2) is 27.3 Å². The highest BCUT2D eigenvalue weighted by molar-refractivity contribution is 8.18. The minimum atomic E-state index is -0.571. The number of benzene rings is 1. The fraction of sp³-hybridized carbons (Fsp3) is 0.200. The Kier molecular flexibility index (Phi) is 5.32. The monoisotopic (exact) mass is 368 g/mol. The highest BCUT2D eigenvalue weighted by atomic mass is 32.2. The van der Waals surface area contributed by atoms with Crippen LogP contribution in [0.25, 0.3) is 6.08 Å². The van der Waals surface area contributed by atoms with Gasteiger partial charge in [0.15, 0.2) is 0 Å². The molecule has 0 aliphatic carbocycles. The number of hydrogen-bond donors (Lipinski definition) is 1. The smallest absolute Gasteiger partial charge is 0.344 e. The van der Waals surface area contributed by atoms with E-state index in [-0.39, 0.29) is 17.9 Å². The molecule has 0 saturated heterocycles. The molecule has 134 valence electrons. The van der Waals surface area contributed by atoms with E-state index < -0.39 is 5.97 Å². The maximum absolute atomic E-state index is 12.4. The van der Waals surface area contributed by atoms with Crippen LogP contribution in [0.15, 0.2) is 63.8 Å². The van der Waals surface area contributed by atoms with Gasteiger partial charge in [0.25, 0.3) is 0 Å². The highest BCUT2D eigenvalue weighted by Gasteiger charge is 2.33. The van der Waals surface area contributed by atoms with Crippen LogP contribution in [0.5, 0.6) is 0 Å². The van der Waals surface area contributed by atoms with Crippen molar-refractivity contribution in [3.05, 3.63) is 70.1 Å². The minimum absolute atomic E-state index is 0.0967. The zero-order valence-electron chi connectivity index (χ0n) is 14.9. The molecule has 2 aromatic rings. The summed E-state index contributed by atoms with van der Waals surface area (Å²) in [6.07, 6.45) is 3.75. The van der Waals surface area contributed by atoms with Gasteiger partial charge in [-0.3, -0.25) is 0 Å². The van der Waals surface area contributed by atoms with Crippen LogP contribution >= 0.6 is 11.8 Å². The van der Waals surface area contributed by atoms with Crippen molar-refractivity contribution in [3.63, 3.8) is 0 Å². The molecule has 0 unspecified atom stereocenters. The Balaban J connectivity index is 2.04. The normalized spacial score (nSPS) is 17.3. The molecule has 6 heteroatoms. The van der Waals surface area contributed by atoms with Crippen molar-refractivity contribution in [2.45, 2.75) is 13.8 Å². The van der Waals surface area contributed by atoms with Gasteiger partial charge in [0, 0.05) is 18.9 Å². The van der Waals surface area contributed by atoms with Crippen LogP contribution in [0, 0.1) is 6.92 Å². The Hall–Kier alpha value is -2.73. The first-order chi connectivity index (χ1) is 12.5. The highest BCUT2D eigenvalue weighted by Crippen LogP contribution is 2.40. The Bertz CT molecular complexity index is 921. The molecule has 2 heterocycles. The van der Waals surface area contributed by atoms with Crippen molar-refractivity contribution in [2.75, 3.05) is 6.61 Å². The van der Waals surface area contributed by atoms with Gasteiger partial charge in [0.1, 0.15) is 16.4 Å². The van der Waals surface area contributed by atoms with Crippen molar-refractivity contribution >= 4 is 34.5 Å². The number of rotatable bonds is 4. The second kappa shape index (κ2) is 7.66. The second-order valence-electron chi connectivity index (χ2n) is 5.85. The number of aliphatic imine (C=N–C) groups is 1.